The number of hydrogen-bond donors (Lipinski definition) is 2. The Morgan fingerprint density at radius 2 is 1.11 bits per heavy atom. The Labute approximate surface area is 233 Å². The quantitative estimate of drug-likeness (QED) is 0.232. The van der Waals surface area contributed by atoms with Crippen LogP contribution in [-0.4, -0.2) is 45.1 Å². The van der Waals surface area contributed by atoms with Gasteiger partial charge in [-0.25, -0.2) is 29.5 Å². The Hall–Kier alpha value is -2.69. The van der Waals surface area contributed by atoms with Crippen LogP contribution < -0.4 is 20.4 Å². The van der Waals surface area contributed by atoms with E-state index in [-0.39, 0.29) is 55.4 Å². The minimum Gasteiger partial charge on any atom is -0.358 e. The van der Waals surface area contributed by atoms with E-state index in [1.54, 1.807) is 32.5 Å². The molecule has 0 radical (unpaired) electrons. The predicted octanol–water partition coefficient (Wildman–Crippen LogP) is 6.46. The number of nitrogens with one attached hydrogen (secondary N) is 2. The number of carbonyl (C=O) groups excluding carboxylic acids is 2. The van der Waals surface area contributed by atoms with Gasteiger partial charge >= 0.3 is 12.1 Å². The third kappa shape index (κ3) is 4.81. The van der Waals surface area contributed by atoms with Crippen molar-refractivity contribution >= 4 is 78.2 Å². The Morgan fingerprint density at radius 3 is 1.44 bits per heavy atom. The maximum atomic E-state index is 11.8. The van der Waals surface area contributed by atoms with Crippen molar-refractivity contribution in [3.8, 4) is 0 Å². The molecule has 6 heterocycles. The van der Waals surface area contributed by atoms with Crippen LogP contribution in [0.25, 0.3) is 20.4 Å². The Balaban J connectivity index is 0.000000324. The van der Waals surface area contributed by atoms with Gasteiger partial charge in [-0.2, -0.15) is 0 Å². The van der Waals surface area contributed by atoms with Crippen molar-refractivity contribution in [1.29, 1.82) is 0 Å². The van der Waals surface area contributed by atoms with Crippen molar-refractivity contribution in [1.82, 2.24) is 19.9 Å². The van der Waals surface area contributed by atoms with Crippen LogP contribution in [0.2, 0.25) is 0 Å². The molecule has 36 heavy (non-hydrogen) atoms. The van der Waals surface area contributed by atoms with Gasteiger partial charge in [-0.05, 0) is 27.7 Å². The molecule has 0 aliphatic carbocycles. The maximum Gasteiger partial charge on any atom is 0.327 e. The number of aryl methyl sites for hydroxylation is 2. The number of thiophene rings is 2. The van der Waals surface area contributed by atoms with Gasteiger partial charge < -0.3 is 18.1 Å². The predicted molar refractivity (Wildman–Crippen MR) is 148 cm³/mol. The first-order chi connectivity index (χ1) is 15.4. The van der Waals surface area contributed by atoms with Crippen LogP contribution in [0, 0.1) is 21.3 Å². The number of anilines is 4. The molecular formula is C23H31N8O2S2W-. The fourth-order valence-electron chi connectivity index (χ4n) is 3.90. The monoisotopic (exact) mass is 699 g/mol. The summed E-state index contributed by atoms with van der Waals surface area (Å²) >= 11 is 3.16. The second-order valence-corrected chi connectivity index (χ2v) is 9.58. The van der Waals surface area contributed by atoms with E-state index in [4.69, 9.17) is 0 Å². The summed E-state index contributed by atoms with van der Waals surface area (Å²) in [6.45, 7) is 9.02. The van der Waals surface area contributed by atoms with Crippen molar-refractivity contribution in [3.05, 3.63) is 29.8 Å². The fourth-order valence-corrected chi connectivity index (χ4v) is 5.78. The zero-order valence-corrected chi connectivity index (χ0v) is 23.9. The number of carbonyl (C=O) groups is 2. The molecule has 4 aromatic heterocycles. The Morgan fingerprint density at radius 1 is 0.750 bits per heavy atom. The van der Waals surface area contributed by atoms with Crippen molar-refractivity contribution in [3.63, 3.8) is 0 Å². The molecule has 0 spiro atoms. The summed E-state index contributed by atoms with van der Waals surface area (Å²) < 4.78 is 0. The topological polar surface area (TPSA) is 116 Å². The van der Waals surface area contributed by atoms with Crippen molar-refractivity contribution in [2.45, 2.75) is 42.5 Å². The van der Waals surface area contributed by atoms with Gasteiger partial charge in [0.1, 0.15) is 22.3 Å². The molecule has 4 aromatic rings. The normalized spacial score (nSPS) is 12.8. The van der Waals surface area contributed by atoms with Gasteiger partial charge in [-0.15, -0.1) is 22.7 Å². The summed E-state index contributed by atoms with van der Waals surface area (Å²) in [5.41, 5.74) is 1.73. The van der Waals surface area contributed by atoms with E-state index in [9.17, 15) is 9.59 Å². The van der Waals surface area contributed by atoms with Gasteiger partial charge in [0.25, 0.3) is 0 Å². The second kappa shape index (κ2) is 12.0. The van der Waals surface area contributed by atoms with Gasteiger partial charge in [0, 0.05) is 43.9 Å². The molecule has 4 amide bonds. The Bertz CT molecular complexity index is 1300. The Kier molecular flexibility index (Phi) is 10.5. The van der Waals surface area contributed by atoms with Crippen LogP contribution in [0.1, 0.15) is 38.5 Å². The minimum atomic E-state index is -0.114. The van der Waals surface area contributed by atoms with E-state index in [1.807, 2.05) is 27.7 Å². The van der Waals surface area contributed by atoms with Crippen LogP contribution >= 0.6 is 22.7 Å². The molecule has 0 unspecified atom stereocenters. The van der Waals surface area contributed by atoms with Crippen LogP contribution in [0.4, 0.5) is 32.6 Å². The standard InChI is InChI=1S/2C10H10N4OS.2CH4.CH3.W/c2*1-3-14-8-6-7(13-10(14)15)5(2)16-9(6)12-4-11-8;;;;/h2*4H,3H2,1-2H3,(H,13,15);2*1H4;1H3;/q;;;;-1;. The molecule has 0 saturated carbocycles. The summed E-state index contributed by atoms with van der Waals surface area (Å²) in [7, 11) is 0. The average Bonchev–Trinajstić information content (AvgIpc) is 3.27. The molecular weight excluding hydrogens is 668 g/mol. The molecule has 6 rings (SSSR count). The van der Waals surface area contributed by atoms with E-state index in [2.05, 4.69) is 30.6 Å². The van der Waals surface area contributed by atoms with Gasteiger partial charge in [0.2, 0.25) is 0 Å². The first-order valence-corrected chi connectivity index (χ1v) is 11.7. The molecule has 10 nitrogen and oxygen atoms in total. The third-order valence-electron chi connectivity index (χ3n) is 5.39. The summed E-state index contributed by atoms with van der Waals surface area (Å²) in [6.07, 6.45) is 3.03. The molecule has 0 saturated heterocycles. The molecule has 194 valence electrons. The molecule has 0 atom stereocenters. The van der Waals surface area contributed by atoms with Crippen molar-refractivity contribution < 1.29 is 30.7 Å². The largest absolute Gasteiger partial charge is 0.358 e. The van der Waals surface area contributed by atoms with Gasteiger partial charge in [-0.1, -0.05) is 14.9 Å². The van der Waals surface area contributed by atoms with Gasteiger partial charge in [0.15, 0.2) is 11.6 Å². The zero-order valence-electron chi connectivity index (χ0n) is 19.3. The number of urea groups is 2. The van der Waals surface area contributed by atoms with Crippen LogP contribution in [0.3, 0.4) is 0 Å². The fraction of sp³-hybridized carbons (Fsp3) is 0.348. The summed E-state index contributed by atoms with van der Waals surface area (Å²) in [5.74, 6) is 1.44. The molecule has 0 bridgehead atoms. The summed E-state index contributed by atoms with van der Waals surface area (Å²) in [5, 5.41) is 7.71. The molecule has 2 aliphatic rings. The summed E-state index contributed by atoms with van der Waals surface area (Å²) in [4.78, 5) is 47.8. The smallest absolute Gasteiger partial charge is 0.327 e. The SMILES string of the molecule is C.C.CCN1C(=O)Nc2c(C)sc3ncnc1c23.CCN1C(=O)Nc2c(C)sc3ncnc1c23.[CH3-].[W]. The van der Waals surface area contributed by atoms with E-state index < -0.39 is 0 Å². The second-order valence-electron chi connectivity index (χ2n) is 7.17. The zero-order chi connectivity index (χ0) is 22.6. The number of amides is 4. The summed E-state index contributed by atoms with van der Waals surface area (Å²) in [6, 6.07) is -0.229. The first-order valence-electron chi connectivity index (χ1n) is 10.1. The number of hydrogen-bond acceptors (Lipinski definition) is 8. The van der Waals surface area contributed by atoms with E-state index in [0.717, 1.165) is 53.2 Å². The van der Waals surface area contributed by atoms with Crippen LogP contribution in [0.5, 0.6) is 0 Å². The number of rotatable bonds is 2. The van der Waals surface area contributed by atoms with Crippen molar-refractivity contribution in [2.75, 3.05) is 33.5 Å². The van der Waals surface area contributed by atoms with Gasteiger partial charge in [0.05, 0.1) is 22.1 Å². The van der Waals surface area contributed by atoms with Crippen molar-refractivity contribution in [2.24, 2.45) is 0 Å². The number of nitrogens with zero attached hydrogens (tertiary/aromatic N) is 6. The minimum absolute atomic E-state index is 0. The maximum absolute atomic E-state index is 11.8. The molecule has 0 aromatic carbocycles. The molecule has 2 aliphatic heterocycles. The molecule has 13 heteroatoms. The average molecular weight is 700 g/mol. The molecule has 0 fully saturated rings. The first kappa shape index (κ1) is 31.3. The number of aromatic nitrogens is 4. The van der Waals surface area contributed by atoms with Gasteiger partial charge in [-0.3, -0.25) is 9.80 Å². The van der Waals surface area contributed by atoms with E-state index >= 15 is 0 Å². The van der Waals surface area contributed by atoms with E-state index in [0.29, 0.717) is 13.1 Å². The van der Waals surface area contributed by atoms with E-state index in [1.165, 1.54) is 12.7 Å². The van der Waals surface area contributed by atoms with Crippen LogP contribution in [-0.2, 0) is 21.1 Å². The van der Waals surface area contributed by atoms with Crippen LogP contribution in [0.15, 0.2) is 12.7 Å². The molecule has 2 N–H and O–H groups in total. The third-order valence-corrected chi connectivity index (χ3v) is 7.41.